The molecule has 0 spiro atoms. The fraction of sp³-hybridized carbons (Fsp3) is 0.375. The van der Waals surface area contributed by atoms with Crippen molar-refractivity contribution < 1.29 is 27.4 Å². The lowest BCUT2D eigenvalue weighted by atomic mass is 9.79. The highest BCUT2D eigenvalue weighted by Gasteiger charge is 2.42. The number of benzene rings is 2. The number of fused-ring (bicyclic) bond motifs is 1. The number of piperidine rings is 1. The molecule has 2 aliphatic rings. The summed E-state index contributed by atoms with van der Waals surface area (Å²) < 4.78 is 55.0. The van der Waals surface area contributed by atoms with Crippen LogP contribution in [0.25, 0.3) is 0 Å². The Kier molecular flexibility index (Phi) is 8.35. The van der Waals surface area contributed by atoms with Crippen LogP contribution in [0.3, 0.4) is 0 Å². The number of anilines is 1. The lowest BCUT2D eigenvalue weighted by Crippen LogP contribution is -2.41. The first-order chi connectivity index (χ1) is 19.6. The van der Waals surface area contributed by atoms with Gasteiger partial charge in [0.2, 0.25) is 5.88 Å². The van der Waals surface area contributed by atoms with E-state index in [4.69, 9.17) is 9.47 Å². The summed E-state index contributed by atoms with van der Waals surface area (Å²) in [4.78, 5) is 20.5. The summed E-state index contributed by atoms with van der Waals surface area (Å²) in [6.07, 6.45) is -2.24. The van der Waals surface area contributed by atoms with Crippen LogP contribution >= 0.6 is 0 Å². The standard InChI is InChI=1S/C32H34F3N3O3/c1-20(2)40-30-29-26(15-16-36-30)37-21(3)27(28(29)24-13-7-8-14-25(24)32(33,34)35)31(39)41-23-12-9-17-38(19-23)18-22-10-5-4-6-11-22/h4-8,10-11,13-16,20,23,28,37H,9,12,17-19H2,1-3H3. The zero-order chi connectivity index (χ0) is 29.1. The zero-order valence-electron chi connectivity index (χ0n) is 23.4. The highest BCUT2D eigenvalue weighted by Crippen LogP contribution is 2.49. The molecule has 2 aromatic carbocycles. The summed E-state index contributed by atoms with van der Waals surface area (Å²) in [6.45, 7) is 7.48. The Labute approximate surface area is 238 Å². The van der Waals surface area contributed by atoms with Crippen LogP contribution in [0.15, 0.2) is 78.1 Å². The number of rotatable bonds is 7. The number of pyridine rings is 1. The first kappa shape index (κ1) is 28.7. The molecule has 0 amide bonds. The van der Waals surface area contributed by atoms with Crippen molar-refractivity contribution in [1.82, 2.24) is 9.88 Å². The average molecular weight is 566 g/mol. The molecule has 3 heterocycles. The minimum Gasteiger partial charge on any atom is -0.475 e. The van der Waals surface area contributed by atoms with Crippen LogP contribution < -0.4 is 10.1 Å². The quantitative estimate of drug-likeness (QED) is 0.314. The molecular formula is C32H34F3N3O3. The van der Waals surface area contributed by atoms with E-state index in [1.807, 2.05) is 32.0 Å². The van der Waals surface area contributed by atoms with Crippen molar-refractivity contribution in [2.45, 2.75) is 64.5 Å². The number of esters is 1. The second-order valence-corrected chi connectivity index (χ2v) is 10.8. The Morgan fingerprint density at radius 2 is 1.83 bits per heavy atom. The van der Waals surface area contributed by atoms with Crippen LogP contribution in [-0.4, -0.2) is 41.2 Å². The summed E-state index contributed by atoms with van der Waals surface area (Å²) in [6, 6.07) is 17.1. The molecule has 5 rings (SSSR count). The fourth-order valence-electron chi connectivity index (χ4n) is 5.69. The van der Waals surface area contributed by atoms with Crippen molar-refractivity contribution >= 4 is 11.7 Å². The SMILES string of the molecule is CC1=C(C(=O)OC2CCCN(Cc3ccccc3)C2)C(c2ccccc2C(F)(F)F)c2c(ccnc2OC(C)C)N1. The molecule has 9 heteroatoms. The van der Waals surface area contributed by atoms with Gasteiger partial charge in [-0.15, -0.1) is 0 Å². The van der Waals surface area contributed by atoms with E-state index in [1.54, 1.807) is 19.1 Å². The summed E-state index contributed by atoms with van der Waals surface area (Å²) in [5.74, 6) is -1.56. The second kappa shape index (κ2) is 11.9. The van der Waals surface area contributed by atoms with Crippen molar-refractivity contribution in [1.29, 1.82) is 0 Å². The first-order valence-electron chi connectivity index (χ1n) is 13.9. The van der Waals surface area contributed by atoms with Gasteiger partial charge in [-0.25, -0.2) is 9.78 Å². The number of ether oxygens (including phenoxy) is 2. The van der Waals surface area contributed by atoms with Gasteiger partial charge in [-0.1, -0.05) is 48.5 Å². The van der Waals surface area contributed by atoms with Crippen molar-refractivity contribution in [3.63, 3.8) is 0 Å². The van der Waals surface area contributed by atoms with Gasteiger partial charge in [0.15, 0.2) is 0 Å². The van der Waals surface area contributed by atoms with Gasteiger partial charge in [-0.2, -0.15) is 13.2 Å². The maximum atomic E-state index is 14.3. The third kappa shape index (κ3) is 6.40. The lowest BCUT2D eigenvalue weighted by Gasteiger charge is -2.35. The predicted octanol–water partition coefficient (Wildman–Crippen LogP) is 6.93. The van der Waals surface area contributed by atoms with Crippen LogP contribution in [-0.2, 0) is 22.3 Å². The number of alkyl halides is 3. The Hall–Kier alpha value is -3.85. The number of allylic oxidation sites excluding steroid dienone is 1. The smallest absolute Gasteiger partial charge is 0.416 e. The molecule has 2 atom stereocenters. The number of carbonyl (C=O) groups excluding carboxylic acids is 1. The van der Waals surface area contributed by atoms with E-state index in [0.717, 1.165) is 25.6 Å². The lowest BCUT2D eigenvalue weighted by molar-refractivity contribution is -0.147. The minimum atomic E-state index is -4.63. The number of halogens is 3. The molecule has 0 bridgehead atoms. The molecule has 2 unspecified atom stereocenters. The Morgan fingerprint density at radius 1 is 1.10 bits per heavy atom. The van der Waals surface area contributed by atoms with Crippen LogP contribution in [0.2, 0.25) is 0 Å². The van der Waals surface area contributed by atoms with Crippen LogP contribution in [0.1, 0.15) is 61.8 Å². The van der Waals surface area contributed by atoms with Gasteiger partial charge in [0.1, 0.15) is 6.10 Å². The van der Waals surface area contributed by atoms with Gasteiger partial charge in [0, 0.05) is 36.2 Å². The number of nitrogens with zero attached hydrogens (tertiary/aromatic N) is 2. The third-order valence-corrected chi connectivity index (χ3v) is 7.39. The van der Waals surface area contributed by atoms with Gasteiger partial charge < -0.3 is 14.8 Å². The van der Waals surface area contributed by atoms with Gasteiger partial charge >= 0.3 is 12.1 Å². The normalized spacial score (nSPS) is 19.5. The summed E-state index contributed by atoms with van der Waals surface area (Å²) in [7, 11) is 0. The van der Waals surface area contributed by atoms with E-state index in [0.29, 0.717) is 29.9 Å². The van der Waals surface area contributed by atoms with E-state index in [1.165, 1.54) is 23.9 Å². The highest BCUT2D eigenvalue weighted by molar-refractivity contribution is 5.95. The van der Waals surface area contributed by atoms with Crippen molar-refractivity contribution in [2.75, 3.05) is 18.4 Å². The zero-order valence-corrected chi connectivity index (χ0v) is 23.4. The monoisotopic (exact) mass is 565 g/mol. The summed E-state index contributed by atoms with van der Waals surface area (Å²) in [5.41, 5.74) is 1.77. The molecule has 0 saturated carbocycles. The van der Waals surface area contributed by atoms with E-state index in [2.05, 4.69) is 27.3 Å². The Bertz CT molecular complexity index is 1420. The molecule has 1 N–H and O–H groups in total. The van der Waals surface area contributed by atoms with Crippen molar-refractivity contribution in [3.8, 4) is 5.88 Å². The average Bonchev–Trinajstić information content (AvgIpc) is 2.92. The number of hydrogen-bond donors (Lipinski definition) is 1. The fourth-order valence-corrected chi connectivity index (χ4v) is 5.69. The van der Waals surface area contributed by atoms with Crippen LogP contribution in [0.5, 0.6) is 5.88 Å². The van der Waals surface area contributed by atoms with E-state index in [-0.39, 0.29) is 29.2 Å². The molecular weight excluding hydrogens is 531 g/mol. The van der Waals surface area contributed by atoms with Gasteiger partial charge in [-0.3, -0.25) is 4.90 Å². The molecule has 3 aromatic rings. The number of carbonyl (C=O) groups is 1. The number of nitrogens with one attached hydrogen (secondary N) is 1. The topological polar surface area (TPSA) is 63.7 Å². The third-order valence-electron chi connectivity index (χ3n) is 7.39. The predicted molar refractivity (Wildman–Crippen MR) is 150 cm³/mol. The molecule has 216 valence electrons. The largest absolute Gasteiger partial charge is 0.475 e. The molecule has 1 saturated heterocycles. The van der Waals surface area contributed by atoms with Crippen molar-refractivity contribution in [3.05, 3.63) is 100 Å². The molecule has 2 aliphatic heterocycles. The van der Waals surface area contributed by atoms with E-state index in [9.17, 15) is 18.0 Å². The number of hydrogen-bond acceptors (Lipinski definition) is 6. The maximum Gasteiger partial charge on any atom is 0.416 e. The molecule has 1 aromatic heterocycles. The number of likely N-dealkylation sites (tertiary alicyclic amines) is 1. The maximum absolute atomic E-state index is 14.3. The van der Waals surface area contributed by atoms with E-state index < -0.39 is 23.6 Å². The Morgan fingerprint density at radius 3 is 2.56 bits per heavy atom. The molecule has 41 heavy (non-hydrogen) atoms. The summed E-state index contributed by atoms with van der Waals surface area (Å²) in [5, 5.41) is 3.21. The van der Waals surface area contributed by atoms with E-state index >= 15 is 0 Å². The minimum absolute atomic E-state index is 0.0509. The summed E-state index contributed by atoms with van der Waals surface area (Å²) >= 11 is 0. The second-order valence-electron chi connectivity index (χ2n) is 10.8. The molecule has 0 radical (unpaired) electrons. The Balaban J connectivity index is 1.51. The molecule has 0 aliphatic carbocycles. The van der Waals surface area contributed by atoms with Gasteiger partial charge in [0.25, 0.3) is 0 Å². The molecule has 6 nitrogen and oxygen atoms in total. The number of aromatic nitrogens is 1. The highest BCUT2D eigenvalue weighted by atomic mass is 19.4. The molecule has 1 fully saturated rings. The van der Waals surface area contributed by atoms with Gasteiger partial charge in [-0.05, 0) is 63.4 Å². The van der Waals surface area contributed by atoms with Gasteiger partial charge in [0.05, 0.1) is 23.2 Å². The van der Waals surface area contributed by atoms with Crippen molar-refractivity contribution in [2.24, 2.45) is 0 Å². The van der Waals surface area contributed by atoms with Crippen LogP contribution in [0.4, 0.5) is 18.9 Å². The first-order valence-corrected chi connectivity index (χ1v) is 13.9. The van der Waals surface area contributed by atoms with Crippen LogP contribution in [0, 0.1) is 0 Å².